The van der Waals surface area contributed by atoms with Gasteiger partial charge in [0, 0.05) is 11.6 Å². The maximum Gasteiger partial charge on any atom is 0.310 e. The van der Waals surface area contributed by atoms with E-state index in [1.165, 1.54) is 18.2 Å². The van der Waals surface area contributed by atoms with Crippen LogP contribution in [-0.2, 0) is 4.74 Å². The maximum absolute atomic E-state index is 10.9. The molecule has 20 heavy (non-hydrogen) atoms. The molecular weight excluding hydrogens is 262 g/mol. The average Bonchev–Trinajstić information content (AvgIpc) is 2.75. The summed E-state index contributed by atoms with van der Waals surface area (Å²) in [5.74, 6) is 0.105. The van der Waals surface area contributed by atoms with Crippen LogP contribution < -0.4 is 4.74 Å². The highest BCUT2D eigenvalue weighted by molar-refractivity contribution is 5.76. The fourth-order valence-electron chi connectivity index (χ4n) is 2.25. The van der Waals surface area contributed by atoms with E-state index in [1.807, 2.05) is 13.8 Å². The highest BCUT2D eigenvalue weighted by Gasteiger charge is 2.32. The molecule has 1 heterocycles. The Kier molecular flexibility index (Phi) is 4.04. The fraction of sp³-hybridized carbons (Fsp3) is 0.500. The third kappa shape index (κ3) is 3.33. The van der Waals surface area contributed by atoms with Crippen LogP contribution in [0, 0.1) is 10.1 Å². The number of benzene rings is 1. The molecule has 0 saturated carbocycles. The molecule has 1 saturated heterocycles. The van der Waals surface area contributed by atoms with Crippen molar-refractivity contribution in [1.82, 2.24) is 0 Å². The van der Waals surface area contributed by atoms with Crippen molar-refractivity contribution in [3.05, 3.63) is 33.9 Å². The van der Waals surface area contributed by atoms with Crippen molar-refractivity contribution < 1.29 is 19.2 Å². The van der Waals surface area contributed by atoms with Gasteiger partial charge in [-0.15, -0.1) is 0 Å². The van der Waals surface area contributed by atoms with Gasteiger partial charge in [0.05, 0.1) is 16.6 Å². The summed E-state index contributed by atoms with van der Waals surface area (Å²) in [6.45, 7) is 4.25. The molecule has 1 fully saturated rings. The lowest BCUT2D eigenvalue weighted by atomic mass is 10.1. The molecule has 1 aromatic carbocycles. The number of hydrogen-bond donors (Lipinski definition) is 0. The number of nitro benzene ring substituents is 1. The zero-order valence-corrected chi connectivity index (χ0v) is 11.5. The number of aldehydes is 1. The Bertz CT molecular complexity index is 526. The van der Waals surface area contributed by atoms with Crippen LogP contribution in [0.1, 0.15) is 37.0 Å². The van der Waals surface area contributed by atoms with Gasteiger partial charge in [-0.2, -0.15) is 0 Å². The number of hydrogen-bond acceptors (Lipinski definition) is 5. The minimum absolute atomic E-state index is 0.0792. The molecule has 6 heteroatoms. The van der Waals surface area contributed by atoms with Gasteiger partial charge in [-0.1, -0.05) is 0 Å². The normalized spacial score (nSPS) is 20.6. The lowest BCUT2D eigenvalue weighted by Gasteiger charge is -2.19. The molecule has 1 atom stereocenters. The summed E-state index contributed by atoms with van der Waals surface area (Å²) in [5, 5.41) is 10.9. The first-order valence-corrected chi connectivity index (χ1v) is 6.45. The Balaban J connectivity index is 2.08. The minimum Gasteiger partial charge on any atom is -0.484 e. The number of nitro groups is 1. The molecule has 0 spiro atoms. The van der Waals surface area contributed by atoms with E-state index in [2.05, 4.69) is 0 Å². The molecule has 0 radical (unpaired) electrons. The molecule has 0 aromatic heterocycles. The van der Waals surface area contributed by atoms with Crippen LogP contribution in [0.3, 0.4) is 0 Å². The van der Waals surface area contributed by atoms with E-state index in [0.29, 0.717) is 11.8 Å². The van der Waals surface area contributed by atoms with Gasteiger partial charge in [0.25, 0.3) is 0 Å². The van der Waals surface area contributed by atoms with Crippen LogP contribution in [0.25, 0.3) is 0 Å². The van der Waals surface area contributed by atoms with Crippen molar-refractivity contribution >= 4 is 12.0 Å². The van der Waals surface area contributed by atoms with Crippen LogP contribution in [-0.4, -0.2) is 29.5 Å². The SMILES string of the molecule is CC1(C)CCC(COc2cc(C=O)ccc2[N+](=O)[O-])O1. The number of nitrogens with zero attached hydrogens (tertiary/aromatic N) is 1. The van der Waals surface area contributed by atoms with Gasteiger partial charge in [0.15, 0.2) is 5.75 Å². The lowest BCUT2D eigenvalue weighted by molar-refractivity contribution is -0.385. The second kappa shape index (κ2) is 5.58. The topological polar surface area (TPSA) is 78.7 Å². The van der Waals surface area contributed by atoms with Crippen LogP contribution in [0.5, 0.6) is 5.75 Å². The number of rotatable bonds is 5. The van der Waals surface area contributed by atoms with Gasteiger partial charge in [-0.25, -0.2) is 0 Å². The lowest BCUT2D eigenvalue weighted by Crippen LogP contribution is -2.24. The number of carbonyl (C=O) groups is 1. The monoisotopic (exact) mass is 279 g/mol. The molecule has 1 aromatic rings. The highest BCUT2D eigenvalue weighted by atomic mass is 16.6. The van der Waals surface area contributed by atoms with E-state index in [9.17, 15) is 14.9 Å². The first-order valence-electron chi connectivity index (χ1n) is 6.45. The summed E-state index contributed by atoms with van der Waals surface area (Å²) in [4.78, 5) is 21.1. The quantitative estimate of drug-likeness (QED) is 0.470. The Morgan fingerprint density at radius 1 is 1.55 bits per heavy atom. The summed E-state index contributed by atoms with van der Waals surface area (Å²) in [6.07, 6.45) is 2.33. The van der Waals surface area contributed by atoms with E-state index >= 15 is 0 Å². The number of ether oxygens (including phenoxy) is 2. The summed E-state index contributed by atoms with van der Waals surface area (Å²) < 4.78 is 11.3. The maximum atomic E-state index is 10.9. The highest BCUT2D eigenvalue weighted by Crippen LogP contribution is 2.32. The average molecular weight is 279 g/mol. The van der Waals surface area contributed by atoms with Gasteiger partial charge in [0.1, 0.15) is 12.9 Å². The smallest absolute Gasteiger partial charge is 0.310 e. The van der Waals surface area contributed by atoms with Gasteiger partial charge in [0.2, 0.25) is 0 Å². The summed E-state index contributed by atoms with van der Waals surface area (Å²) in [5.41, 5.74) is 0.0241. The van der Waals surface area contributed by atoms with Gasteiger partial charge < -0.3 is 9.47 Å². The second-order valence-electron chi connectivity index (χ2n) is 5.45. The zero-order chi connectivity index (χ0) is 14.8. The van der Waals surface area contributed by atoms with Crippen LogP contribution in [0.2, 0.25) is 0 Å². The summed E-state index contributed by atoms with van der Waals surface area (Å²) in [7, 11) is 0. The van der Waals surface area contributed by atoms with Crippen LogP contribution >= 0.6 is 0 Å². The van der Waals surface area contributed by atoms with Crippen molar-refractivity contribution in [1.29, 1.82) is 0 Å². The van der Waals surface area contributed by atoms with Gasteiger partial charge >= 0.3 is 5.69 Å². The van der Waals surface area contributed by atoms with Crippen molar-refractivity contribution in [2.24, 2.45) is 0 Å². The molecule has 1 aliphatic rings. The molecule has 2 rings (SSSR count). The summed E-state index contributed by atoms with van der Waals surface area (Å²) >= 11 is 0. The largest absolute Gasteiger partial charge is 0.484 e. The molecule has 0 bridgehead atoms. The molecule has 0 aliphatic carbocycles. The van der Waals surface area contributed by atoms with Crippen molar-refractivity contribution in [2.75, 3.05) is 6.61 Å². The predicted molar refractivity (Wildman–Crippen MR) is 72.2 cm³/mol. The van der Waals surface area contributed by atoms with Crippen LogP contribution in [0.4, 0.5) is 5.69 Å². The Hall–Kier alpha value is -1.95. The first-order chi connectivity index (χ1) is 9.41. The first kappa shape index (κ1) is 14.5. The Labute approximate surface area is 116 Å². The van der Waals surface area contributed by atoms with E-state index in [-0.39, 0.29) is 29.7 Å². The standard InChI is InChI=1S/C14H17NO5/c1-14(2)6-5-11(20-14)9-19-13-7-10(8-16)3-4-12(13)15(17)18/h3-4,7-8,11H,5-6,9H2,1-2H3. The molecule has 0 N–H and O–H groups in total. The third-order valence-electron chi connectivity index (χ3n) is 3.30. The number of carbonyl (C=O) groups excluding carboxylic acids is 1. The molecule has 0 amide bonds. The molecule has 108 valence electrons. The fourth-order valence-corrected chi connectivity index (χ4v) is 2.25. The molecule has 1 unspecified atom stereocenters. The zero-order valence-electron chi connectivity index (χ0n) is 11.5. The minimum atomic E-state index is -0.524. The molecule has 1 aliphatic heterocycles. The van der Waals surface area contributed by atoms with Gasteiger partial charge in [-0.3, -0.25) is 14.9 Å². The Morgan fingerprint density at radius 2 is 2.30 bits per heavy atom. The van der Waals surface area contributed by atoms with Crippen molar-refractivity contribution in [3.8, 4) is 5.75 Å². The van der Waals surface area contributed by atoms with E-state index < -0.39 is 4.92 Å². The summed E-state index contributed by atoms with van der Waals surface area (Å²) in [6, 6.07) is 4.05. The van der Waals surface area contributed by atoms with E-state index in [1.54, 1.807) is 0 Å². The Morgan fingerprint density at radius 3 is 2.85 bits per heavy atom. The molecular formula is C14H17NO5. The molecule has 6 nitrogen and oxygen atoms in total. The van der Waals surface area contributed by atoms with E-state index in [0.717, 1.165) is 12.8 Å². The third-order valence-corrected chi connectivity index (χ3v) is 3.30. The van der Waals surface area contributed by atoms with E-state index in [4.69, 9.17) is 9.47 Å². The predicted octanol–water partition coefficient (Wildman–Crippen LogP) is 2.74. The van der Waals surface area contributed by atoms with Crippen molar-refractivity contribution in [3.63, 3.8) is 0 Å². The van der Waals surface area contributed by atoms with Crippen LogP contribution in [0.15, 0.2) is 18.2 Å². The second-order valence-corrected chi connectivity index (χ2v) is 5.45. The van der Waals surface area contributed by atoms with Gasteiger partial charge in [-0.05, 0) is 38.8 Å². The van der Waals surface area contributed by atoms with Crippen molar-refractivity contribution in [2.45, 2.75) is 38.4 Å².